The zero-order valence-corrected chi connectivity index (χ0v) is 19.5. The highest BCUT2D eigenvalue weighted by Crippen LogP contribution is 2.25. The Kier molecular flexibility index (Phi) is 7.20. The van der Waals surface area contributed by atoms with Gasteiger partial charge in [0.1, 0.15) is 12.3 Å². The van der Waals surface area contributed by atoms with Crippen molar-refractivity contribution in [2.45, 2.75) is 31.7 Å². The predicted molar refractivity (Wildman–Crippen MR) is 126 cm³/mol. The topological polar surface area (TPSA) is 75.7 Å². The minimum absolute atomic E-state index is 0.139. The molecule has 0 saturated carbocycles. The molecule has 0 unspecified atom stereocenters. The fourth-order valence-electron chi connectivity index (χ4n) is 3.33. The summed E-state index contributed by atoms with van der Waals surface area (Å²) >= 11 is 0. The molecule has 7 heteroatoms. The highest BCUT2D eigenvalue weighted by Gasteiger charge is 2.27. The van der Waals surface area contributed by atoms with E-state index in [4.69, 9.17) is 4.74 Å². The first-order valence-electron chi connectivity index (χ1n) is 10.3. The molecule has 0 aliphatic heterocycles. The first kappa shape index (κ1) is 23.3. The summed E-state index contributed by atoms with van der Waals surface area (Å²) in [6.45, 7) is 5.29. The zero-order chi connectivity index (χ0) is 23.3. The summed E-state index contributed by atoms with van der Waals surface area (Å²) in [4.78, 5) is 13.0. The summed E-state index contributed by atoms with van der Waals surface area (Å²) in [5.41, 5.74) is 3.19. The van der Waals surface area contributed by atoms with Gasteiger partial charge in [0.2, 0.25) is 5.91 Å². The van der Waals surface area contributed by atoms with E-state index in [9.17, 15) is 13.2 Å². The van der Waals surface area contributed by atoms with Crippen molar-refractivity contribution in [3.8, 4) is 5.75 Å². The van der Waals surface area contributed by atoms with Crippen LogP contribution in [0.5, 0.6) is 5.75 Å². The molecule has 6 nitrogen and oxygen atoms in total. The molecule has 168 valence electrons. The Morgan fingerprint density at radius 3 is 2.22 bits per heavy atom. The number of anilines is 1. The second-order valence-corrected chi connectivity index (χ2v) is 9.59. The summed E-state index contributed by atoms with van der Waals surface area (Å²) in [5.74, 6) is 0.326. The third-order valence-corrected chi connectivity index (χ3v) is 6.97. The molecule has 3 aromatic rings. The lowest BCUT2D eigenvalue weighted by Crippen LogP contribution is -2.41. The van der Waals surface area contributed by atoms with Gasteiger partial charge in [0.05, 0.1) is 23.7 Å². The first-order valence-corrected chi connectivity index (χ1v) is 11.7. The van der Waals surface area contributed by atoms with Crippen LogP contribution in [0.4, 0.5) is 5.69 Å². The van der Waals surface area contributed by atoms with Gasteiger partial charge in [0.15, 0.2) is 0 Å². The lowest BCUT2D eigenvalue weighted by atomic mass is 10.1. The van der Waals surface area contributed by atoms with Crippen molar-refractivity contribution in [3.05, 3.63) is 89.5 Å². The highest BCUT2D eigenvalue weighted by atomic mass is 32.2. The maximum atomic E-state index is 13.4. The van der Waals surface area contributed by atoms with Crippen LogP contribution in [0.15, 0.2) is 77.7 Å². The molecule has 0 fully saturated rings. The quantitative estimate of drug-likeness (QED) is 0.550. The lowest BCUT2D eigenvalue weighted by molar-refractivity contribution is -0.120. The van der Waals surface area contributed by atoms with E-state index >= 15 is 0 Å². The van der Waals surface area contributed by atoms with Crippen LogP contribution in [0.25, 0.3) is 0 Å². The van der Waals surface area contributed by atoms with Gasteiger partial charge in [-0.1, -0.05) is 42.0 Å². The Morgan fingerprint density at radius 2 is 1.62 bits per heavy atom. The van der Waals surface area contributed by atoms with E-state index in [-0.39, 0.29) is 17.5 Å². The van der Waals surface area contributed by atoms with Gasteiger partial charge in [-0.05, 0) is 68.3 Å². The van der Waals surface area contributed by atoms with Crippen LogP contribution >= 0.6 is 0 Å². The number of hydrogen-bond donors (Lipinski definition) is 1. The van der Waals surface area contributed by atoms with E-state index in [1.54, 1.807) is 49.6 Å². The molecule has 0 radical (unpaired) electrons. The number of rotatable bonds is 8. The van der Waals surface area contributed by atoms with Gasteiger partial charge in [-0.15, -0.1) is 0 Å². The number of carbonyl (C=O) groups excluding carboxylic acids is 1. The largest absolute Gasteiger partial charge is 0.497 e. The van der Waals surface area contributed by atoms with Crippen LogP contribution in [0.3, 0.4) is 0 Å². The van der Waals surface area contributed by atoms with E-state index in [0.717, 1.165) is 26.7 Å². The van der Waals surface area contributed by atoms with Crippen LogP contribution < -0.4 is 14.4 Å². The lowest BCUT2D eigenvalue weighted by Gasteiger charge is -2.25. The fraction of sp³-hybridized carbons (Fsp3) is 0.240. The number of carbonyl (C=O) groups is 1. The number of ether oxygens (including phenoxy) is 1. The molecule has 0 aliphatic rings. The van der Waals surface area contributed by atoms with Gasteiger partial charge in [0.25, 0.3) is 10.0 Å². The molecule has 1 N–H and O–H groups in total. The van der Waals surface area contributed by atoms with Crippen molar-refractivity contribution in [2.75, 3.05) is 18.0 Å². The van der Waals surface area contributed by atoms with Gasteiger partial charge in [-0.25, -0.2) is 8.42 Å². The predicted octanol–water partition coefficient (Wildman–Crippen LogP) is 4.38. The summed E-state index contributed by atoms with van der Waals surface area (Å²) in [5, 5.41) is 2.90. The monoisotopic (exact) mass is 452 g/mol. The number of benzene rings is 3. The van der Waals surface area contributed by atoms with E-state index in [1.807, 2.05) is 51.1 Å². The Hall–Kier alpha value is -3.32. The third kappa shape index (κ3) is 5.48. The minimum Gasteiger partial charge on any atom is -0.497 e. The number of aryl methyl sites for hydroxylation is 2. The maximum absolute atomic E-state index is 13.4. The second-order valence-electron chi connectivity index (χ2n) is 7.73. The molecular formula is C25H28N2O4S. The van der Waals surface area contributed by atoms with Crippen molar-refractivity contribution >= 4 is 21.6 Å². The standard InChI is InChI=1S/C25H28N2O4S/c1-18-8-14-24(15-9-18)32(29,30)27(22-7-5-6-19(2)16-22)17-25(28)26-20(3)21-10-12-23(31-4)13-11-21/h5-16,20H,17H2,1-4H3,(H,26,28)/t20-/m0/s1. The van der Waals surface area contributed by atoms with E-state index in [2.05, 4.69) is 5.32 Å². The SMILES string of the molecule is COc1ccc([C@H](C)NC(=O)CN(c2cccc(C)c2)S(=O)(=O)c2ccc(C)cc2)cc1. The molecule has 3 rings (SSSR count). The Bertz CT molecular complexity index is 1170. The zero-order valence-electron chi connectivity index (χ0n) is 18.7. The normalized spacial score (nSPS) is 12.1. The highest BCUT2D eigenvalue weighted by molar-refractivity contribution is 7.92. The number of nitrogens with one attached hydrogen (secondary N) is 1. The minimum atomic E-state index is -3.94. The van der Waals surface area contributed by atoms with Crippen molar-refractivity contribution in [3.63, 3.8) is 0 Å². The van der Waals surface area contributed by atoms with Gasteiger partial charge in [-0.2, -0.15) is 0 Å². The number of amides is 1. The molecule has 0 spiro atoms. The third-order valence-electron chi connectivity index (χ3n) is 5.18. The van der Waals surface area contributed by atoms with Crippen LogP contribution in [-0.4, -0.2) is 28.0 Å². The van der Waals surface area contributed by atoms with E-state index in [0.29, 0.717) is 5.69 Å². The average Bonchev–Trinajstić information content (AvgIpc) is 2.77. The molecule has 1 atom stereocenters. The Balaban J connectivity index is 1.86. The fourth-order valence-corrected chi connectivity index (χ4v) is 4.74. The maximum Gasteiger partial charge on any atom is 0.264 e. The number of hydrogen-bond acceptors (Lipinski definition) is 4. The van der Waals surface area contributed by atoms with Crippen LogP contribution in [0, 0.1) is 13.8 Å². The number of nitrogens with zero attached hydrogens (tertiary/aromatic N) is 1. The number of methoxy groups -OCH3 is 1. The van der Waals surface area contributed by atoms with Crippen molar-refractivity contribution in [2.24, 2.45) is 0 Å². The van der Waals surface area contributed by atoms with Crippen LogP contribution in [0.1, 0.15) is 29.7 Å². The molecule has 0 aromatic heterocycles. The van der Waals surface area contributed by atoms with Gasteiger partial charge < -0.3 is 10.1 Å². The second kappa shape index (κ2) is 9.87. The smallest absolute Gasteiger partial charge is 0.264 e. The van der Waals surface area contributed by atoms with Crippen LogP contribution in [-0.2, 0) is 14.8 Å². The van der Waals surface area contributed by atoms with Crippen molar-refractivity contribution in [1.82, 2.24) is 5.32 Å². The molecule has 3 aromatic carbocycles. The molecule has 0 bridgehead atoms. The Morgan fingerprint density at radius 1 is 0.969 bits per heavy atom. The summed E-state index contributed by atoms with van der Waals surface area (Å²) in [6.07, 6.45) is 0. The summed E-state index contributed by atoms with van der Waals surface area (Å²) < 4.78 is 33.2. The molecular weight excluding hydrogens is 424 g/mol. The van der Waals surface area contributed by atoms with Gasteiger partial charge in [0, 0.05) is 0 Å². The van der Waals surface area contributed by atoms with Crippen LogP contribution in [0.2, 0.25) is 0 Å². The summed E-state index contributed by atoms with van der Waals surface area (Å²) in [7, 11) is -2.34. The number of sulfonamides is 1. The van der Waals surface area contributed by atoms with Crippen molar-refractivity contribution < 1.29 is 17.9 Å². The first-order chi connectivity index (χ1) is 15.2. The van der Waals surface area contributed by atoms with E-state index in [1.165, 1.54) is 0 Å². The Labute approximate surface area is 189 Å². The van der Waals surface area contributed by atoms with E-state index < -0.39 is 15.9 Å². The molecule has 32 heavy (non-hydrogen) atoms. The summed E-state index contributed by atoms with van der Waals surface area (Å²) in [6, 6.07) is 20.8. The molecule has 0 saturated heterocycles. The average molecular weight is 453 g/mol. The molecule has 0 heterocycles. The van der Waals surface area contributed by atoms with Gasteiger partial charge in [-0.3, -0.25) is 9.10 Å². The molecule has 1 amide bonds. The van der Waals surface area contributed by atoms with Crippen molar-refractivity contribution in [1.29, 1.82) is 0 Å². The molecule has 0 aliphatic carbocycles. The van der Waals surface area contributed by atoms with Gasteiger partial charge >= 0.3 is 0 Å².